The molecule has 0 amide bonds. The van der Waals surface area contributed by atoms with Gasteiger partial charge in [-0.1, -0.05) is 15.9 Å². The maximum atomic E-state index is 13.6. The highest BCUT2D eigenvalue weighted by Gasteiger charge is 2.18. The van der Waals surface area contributed by atoms with Gasteiger partial charge in [-0.05, 0) is 36.4 Å². The molecule has 18 heavy (non-hydrogen) atoms. The van der Waals surface area contributed by atoms with Gasteiger partial charge in [-0.2, -0.15) is 0 Å². The van der Waals surface area contributed by atoms with Crippen molar-refractivity contribution in [2.45, 2.75) is 0 Å². The van der Waals surface area contributed by atoms with Crippen molar-refractivity contribution in [1.82, 2.24) is 0 Å². The van der Waals surface area contributed by atoms with Gasteiger partial charge < -0.3 is 0 Å². The van der Waals surface area contributed by atoms with Crippen LogP contribution in [0.2, 0.25) is 0 Å². The molecular weight excluding hydrogens is 309 g/mol. The topological polar surface area (TPSA) is 17.1 Å². The fourth-order valence-corrected chi connectivity index (χ4v) is 1.82. The molecule has 2 aromatic carbocycles. The monoisotopic (exact) mass is 314 g/mol. The Hall–Kier alpha value is -1.62. The predicted molar refractivity (Wildman–Crippen MR) is 63.9 cm³/mol. The molecule has 0 heterocycles. The molecule has 1 nitrogen and oxygen atoms in total. The van der Waals surface area contributed by atoms with Crippen molar-refractivity contribution in [1.29, 1.82) is 0 Å². The van der Waals surface area contributed by atoms with Gasteiger partial charge >= 0.3 is 0 Å². The molecule has 92 valence electrons. The van der Waals surface area contributed by atoms with E-state index in [1.54, 1.807) is 0 Å². The van der Waals surface area contributed by atoms with E-state index < -0.39 is 28.8 Å². The van der Waals surface area contributed by atoms with Gasteiger partial charge in [0.05, 0.1) is 11.1 Å². The summed E-state index contributed by atoms with van der Waals surface area (Å²) in [6.07, 6.45) is 0. The van der Waals surface area contributed by atoms with Crippen molar-refractivity contribution < 1.29 is 18.0 Å². The Bertz CT molecular complexity index is 626. The van der Waals surface area contributed by atoms with Gasteiger partial charge in [-0.3, -0.25) is 4.79 Å². The Balaban J connectivity index is 2.51. The third kappa shape index (κ3) is 2.46. The first-order valence-corrected chi connectivity index (χ1v) is 5.73. The van der Waals surface area contributed by atoms with E-state index in [9.17, 15) is 18.0 Å². The minimum Gasteiger partial charge on any atom is -0.288 e. The lowest BCUT2D eigenvalue weighted by molar-refractivity contribution is 0.103. The fourth-order valence-electron chi connectivity index (χ4n) is 1.49. The number of hydrogen-bond acceptors (Lipinski definition) is 1. The molecule has 0 N–H and O–H groups in total. The lowest BCUT2D eigenvalue weighted by Gasteiger charge is -2.04. The van der Waals surface area contributed by atoms with E-state index in [1.807, 2.05) is 0 Å². The lowest BCUT2D eigenvalue weighted by Crippen LogP contribution is -2.07. The normalized spacial score (nSPS) is 10.4. The van der Waals surface area contributed by atoms with E-state index in [1.165, 1.54) is 12.1 Å². The number of rotatable bonds is 2. The summed E-state index contributed by atoms with van der Waals surface area (Å²) in [5, 5.41) is 0. The third-order valence-electron chi connectivity index (χ3n) is 2.35. The van der Waals surface area contributed by atoms with Gasteiger partial charge in [0.15, 0.2) is 5.78 Å². The number of halogens is 4. The lowest BCUT2D eigenvalue weighted by atomic mass is 10.0. The molecule has 0 bridgehead atoms. The van der Waals surface area contributed by atoms with Crippen molar-refractivity contribution in [2.24, 2.45) is 0 Å². The molecule has 2 rings (SSSR count). The molecule has 0 radical (unpaired) electrons. The van der Waals surface area contributed by atoms with Crippen LogP contribution in [0.15, 0.2) is 40.9 Å². The largest absolute Gasteiger partial charge is 0.288 e. The van der Waals surface area contributed by atoms with Crippen LogP contribution in [0.5, 0.6) is 0 Å². The Morgan fingerprint density at radius 2 is 1.61 bits per heavy atom. The molecule has 0 spiro atoms. The minimum atomic E-state index is -0.892. The van der Waals surface area contributed by atoms with Gasteiger partial charge in [0.2, 0.25) is 0 Å². The number of ketones is 1. The van der Waals surface area contributed by atoms with Crippen LogP contribution in [0.25, 0.3) is 0 Å². The summed E-state index contributed by atoms with van der Waals surface area (Å²) < 4.78 is 40.4. The number of carbonyl (C=O) groups excluding carboxylic acids is 1. The zero-order valence-corrected chi connectivity index (χ0v) is 10.5. The summed E-state index contributed by atoms with van der Waals surface area (Å²) in [6.45, 7) is 0. The van der Waals surface area contributed by atoms with Crippen LogP contribution >= 0.6 is 15.9 Å². The van der Waals surface area contributed by atoms with Crippen molar-refractivity contribution >= 4 is 21.7 Å². The quantitative estimate of drug-likeness (QED) is 0.763. The van der Waals surface area contributed by atoms with E-state index in [0.29, 0.717) is 4.47 Å². The molecular formula is C13H6BrF3O. The van der Waals surface area contributed by atoms with Crippen LogP contribution in [-0.2, 0) is 0 Å². The van der Waals surface area contributed by atoms with Crippen molar-refractivity contribution in [3.63, 3.8) is 0 Å². The van der Waals surface area contributed by atoms with Crippen molar-refractivity contribution in [3.8, 4) is 0 Å². The first-order chi connectivity index (χ1) is 8.49. The Kier molecular flexibility index (Phi) is 3.52. The molecule has 0 aliphatic carbocycles. The zero-order valence-electron chi connectivity index (χ0n) is 8.88. The average Bonchev–Trinajstić information content (AvgIpc) is 2.31. The molecule has 0 aromatic heterocycles. The van der Waals surface area contributed by atoms with Crippen LogP contribution in [0.1, 0.15) is 15.9 Å². The molecule has 0 aliphatic rings. The van der Waals surface area contributed by atoms with Gasteiger partial charge in [0, 0.05) is 4.47 Å². The van der Waals surface area contributed by atoms with Gasteiger partial charge in [-0.15, -0.1) is 0 Å². The third-order valence-corrected chi connectivity index (χ3v) is 2.84. The molecule has 0 atom stereocenters. The molecule has 0 saturated carbocycles. The summed E-state index contributed by atoms with van der Waals surface area (Å²) in [5.41, 5.74) is -0.793. The zero-order chi connectivity index (χ0) is 13.3. The summed E-state index contributed by atoms with van der Waals surface area (Å²) in [5.74, 6) is -3.32. The molecule has 0 aliphatic heterocycles. The highest BCUT2D eigenvalue weighted by molar-refractivity contribution is 9.10. The predicted octanol–water partition coefficient (Wildman–Crippen LogP) is 4.10. The van der Waals surface area contributed by atoms with Crippen molar-refractivity contribution in [3.05, 3.63) is 69.4 Å². The van der Waals surface area contributed by atoms with Gasteiger partial charge in [0.25, 0.3) is 0 Å². The van der Waals surface area contributed by atoms with E-state index in [0.717, 1.165) is 24.3 Å². The van der Waals surface area contributed by atoms with Crippen molar-refractivity contribution in [2.75, 3.05) is 0 Å². The molecule has 0 fully saturated rings. The Morgan fingerprint density at radius 1 is 0.889 bits per heavy atom. The minimum absolute atomic E-state index is 0.303. The second kappa shape index (κ2) is 4.94. The maximum Gasteiger partial charge on any atom is 0.199 e. The number of benzene rings is 2. The summed E-state index contributed by atoms with van der Waals surface area (Å²) in [4.78, 5) is 11.9. The Morgan fingerprint density at radius 3 is 2.28 bits per heavy atom. The summed E-state index contributed by atoms with van der Waals surface area (Å²) in [7, 11) is 0. The SMILES string of the molecule is O=C(c1ccc(Br)cc1F)c1cc(F)ccc1F. The maximum absolute atomic E-state index is 13.6. The van der Waals surface area contributed by atoms with Gasteiger partial charge in [0.1, 0.15) is 17.5 Å². The fraction of sp³-hybridized carbons (Fsp3) is 0. The van der Waals surface area contributed by atoms with E-state index in [2.05, 4.69) is 15.9 Å². The van der Waals surface area contributed by atoms with Crippen LogP contribution < -0.4 is 0 Å². The summed E-state index contributed by atoms with van der Waals surface area (Å²) in [6, 6.07) is 6.23. The highest BCUT2D eigenvalue weighted by Crippen LogP contribution is 2.20. The number of hydrogen-bond donors (Lipinski definition) is 0. The van der Waals surface area contributed by atoms with Crippen LogP contribution in [0, 0.1) is 17.5 Å². The second-order valence-corrected chi connectivity index (χ2v) is 4.49. The van der Waals surface area contributed by atoms with E-state index in [4.69, 9.17) is 0 Å². The molecule has 0 saturated heterocycles. The van der Waals surface area contributed by atoms with Crippen LogP contribution in [-0.4, -0.2) is 5.78 Å². The highest BCUT2D eigenvalue weighted by atomic mass is 79.9. The van der Waals surface area contributed by atoms with E-state index in [-0.39, 0.29) is 5.56 Å². The molecule has 5 heteroatoms. The van der Waals surface area contributed by atoms with Crippen LogP contribution in [0.3, 0.4) is 0 Å². The first-order valence-electron chi connectivity index (χ1n) is 4.94. The molecule has 2 aromatic rings. The standard InChI is InChI=1S/C13H6BrF3O/c14-7-1-3-9(12(17)5-7)13(18)10-6-8(15)2-4-11(10)16/h1-6H. The second-order valence-electron chi connectivity index (χ2n) is 3.58. The van der Waals surface area contributed by atoms with E-state index >= 15 is 0 Å². The first kappa shape index (κ1) is 12.8. The van der Waals surface area contributed by atoms with Gasteiger partial charge in [-0.25, -0.2) is 13.2 Å². The molecule has 0 unspecified atom stereocenters. The van der Waals surface area contributed by atoms with Crippen LogP contribution in [0.4, 0.5) is 13.2 Å². The summed E-state index contributed by atoms with van der Waals surface area (Å²) >= 11 is 3.04. The Labute approximate surface area is 109 Å². The number of carbonyl (C=O) groups is 1. The smallest absolute Gasteiger partial charge is 0.199 e. The average molecular weight is 315 g/mol.